The largest absolute Gasteiger partial charge is 0.374 e. The summed E-state index contributed by atoms with van der Waals surface area (Å²) in [5.41, 5.74) is 1.89. The highest BCUT2D eigenvalue weighted by Gasteiger charge is 2.25. The zero-order valence-electron chi connectivity index (χ0n) is 8.73. The molecular formula is C10H15BrN2OS. The van der Waals surface area contributed by atoms with Gasteiger partial charge in [0.1, 0.15) is 0 Å². The van der Waals surface area contributed by atoms with Crippen molar-refractivity contribution in [2.75, 3.05) is 18.5 Å². The second-order valence-corrected chi connectivity index (χ2v) is 5.47. The number of ether oxygens (including phenoxy) is 1. The molecule has 0 aliphatic carbocycles. The molecule has 0 aromatic carbocycles. The number of hydrogen-bond donors (Lipinski definition) is 0. The number of nitrogens with zero attached hydrogens (tertiary/aromatic N) is 2. The van der Waals surface area contributed by atoms with Crippen molar-refractivity contribution >= 4 is 27.3 Å². The number of morpholine rings is 1. The van der Waals surface area contributed by atoms with Crippen LogP contribution in [0.2, 0.25) is 0 Å². The molecule has 0 amide bonds. The Morgan fingerprint density at radius 2 is 2.60 bits per heavy atom. The zero-order chi connectivity index (χ0) is 10.7. The van der Waals surface area contributed by atoms with E-state index in [0.29, 0.717) is 12.1 Å². The Bertz CT molecular complexity index is 294. The van der Waals surface area contributed by atoms with Crippen molar-refractivity contribution in [1.29, 1.82) is 0 Å². The zero-order valence-corrected chi connectivity index (χ0v) is 11.1. The minimum absolute atomic E-state index is 0.328. The molecule has 2 heterocycles. The predicted molar refractivity (Wildman–Crippen MR) is 65.5 cm³/mol. The van der Waals surface area contributed by atoms with Gasteiger partial charge in [-0.05, 0) is 6.92 Å². The molecule has 0 saturated carbocycles. The summed E-state index contributed by atoms with van der Waals surface area (Å²) < 4.78 is 5.69. The third kappa shape index (κ3) is 3.00. The fourth-order valence-corrected chi connectivity index (χ4v) is 2.72. The molecule has 3 nitrogen and oxygen atoms in total. The van der Waals surface area contributed by atoms with Crippen LogP contribution in [-0.2, 0) is 11.3 Å². The first-order valence-corrected chi connectivity index (χ1v) is 7.08. The van der Waals surface area contributed by atoms with E-state index in [1.807, 2.05) is 11.7 Å². The maximum atomic E-state index is 5.69. The average molecular weight is 291 g/mol. The van der Waals surface area contributed by atoms with Crippen LogP contribution in [0.15, 0.2) is 11.7 Å². The van der Waals surface area contributed by atoms with Crippen molar-refractivity contribution in [1.82, 2.24) is 9.88 Å². The first-order chi connectivity index (χ1) is 7.29. The van der Waals surface area contributed by atoms with Gasteiger partial charge in [-0.15, -0.1) is 11.3 Å². The SMILES string of the molecule is CC1COC(CBr)CN1Cc1cncs1. The highest BCUT2D eigenvalue weighted by Crippen LogP contribution is 2.18. The second kappa shape index (κ2) is 5.39. The number of aromatic nitrogens is 1. The molecule has 1 aromatic rings. The van der Waals surface area contributed by atoms with Crippen molar-refractivity contribution < 1.29 is 4.74 Å². The van der Waals surface area contributed by atoms with Crippen LogP contribution in [0, 0.1) is 0 Å². The number of thiazole rings is 1. The lowest BCUT2D eigenvalue weighted by molar-refractivity contribution is -0.0496. The van der Waals surface area contributed by atoms with Crippen LogP contribution in [0.5, 0.6) is 0 Å². The van der Waals surface area contributed by atoms with Gasteiger partial charge in [-0.25, -0.2) is 0 Å². The summed E-state index contributed by atoms with van der Waals surface area (Å²) in [4.78, 5) is 7.90. The predicted octanol–water partition coefficient (Wildman–Crippen LogP) is 2.13. The Kier molecular flexibility index (Phi) is 4.13. The highest BCUT2D eigenvalue weighted by atomic mass is 79.9. The molecule has 1 fully saturated rings. The van der Waals surface area contributed by atoms with Gasteiger partial charge in [0.2, 0.25) is 0 Å². The summed E-state index contributed by atoms with van der Waals surface area (Å²) in [7, 11) is 0. The summed E-state index contributed by atoms with van der Waals surface area (Å²) >= 11 is 5.20. The van der Waals surface area contributed by atoms with E-state index in [2.05, 4.69) is 32.7 Å². The molecule has 15 heavy (non-hydrogen) atoms. The first kappa shape index (κ1) is 11.5. The molecule has 5 heteroatoms. The average Bonchev–Trinajstić information content (AvgIpc) is 2.74. The Morgan fingerprint density at radius 1 is 1.73 bits per heavy atom. The minimum Gasteiger partial charge on any atom is -0.374 e. The molecule has 0 bridgehead atoms. The summed E-state index contributed by atoms with van der Waals surface area (Å²) in [5.74, 6) is 0. The fourth-order valence-electron chi connectivity index (χ4n) is 1.71. The molecule has 0 radical (unpaired) electrons. The molecule has 2 atom stereocenters. The second-order valence-electron chi connectivity index (χ2n) is 3.86. The summed E-state index contributed by atoms with van der Waals surface area (Å²) in [6.07, 6.45) is 2.28. The molecule has 0 spiro atoms. The standard InChI is InChI=1S/C10H15BrN2OS/c1-8-6-14-9(2-11)4-13(8)5-10-3-12-7-15-10/h3,7-9H,2,4-6H2,1H3. The van der Waals surface area contributed by atoms with E-state index < -0.39 is 0 Å². The lowest BCUT2D eigenvalue weighted by atomic mass is 10.2. The normalized spacial score (nSPS) is 28.1. The maximum absolute atomic E-state index is 5.69. The first-order valence-electron chi connectivity index (χ1n) is 5.08. The van der Waals surface area contributed by atoms with Gasteiger partial charge < -0.3 is 4.74 Å². The minimum atomic E-state index is 0.328. The van der Waals surface area contributed by atoms with E-state index in [1.165, 1.54) is 4.88 Å². The monoisotopic (exact) mass is 290 g/mol. The summed E-state index contributed by atoms with van der Waals surface area (Å²) in [5, 5.41) is 0.916. The third-order valence-corrected chi connectivity index (χ3v) is 4.14. The lowest BCUT2D eigenvalue weighted by Crippen LogP contribution is -2.48. The molecule has 2 unspecified atom stereocenters. The number of halogens is 1. The van der Waals surface area contributed by atoms with Gasteiger partial charge in [-0.3, -0.25) is 9.88 Å². The van der Waals surface area contributed by atoms with Crippen LogP contribution in [-0.4, -0.2) is 40.5 Å². The van der Waals surface area contributed by atoms with E-state index >= 15 is 0 Å². The molecule has 1 aromatic heterocycles. The van der Waals surface area contributed by atoms with Crippen LogP contribution in [0.4, 0.5) is 0 Å². The van der Waals surface area contributed by atoms with Gasteiger partial charge in [0, 0.05) is 35.5 Å². The molecule has 1 saturated heterocycles. The van der Waals surface area contributed by atoms with Crippen molar-refractivity contribution in [2.45, 2.75) is 25.6 Å². The highest BCUT2D eigenvalue weighted by molar-refractivity contribution is 9.09. The van der Waals surface area contributed by atoms with E-state index in [9.17, 15) is 0 Å². The van der Waals surface area contributed by atoms with Gasteiger partial charge in [-0.1, -0.05) is 15.9 Å². The Morgan fingerprint density at radius 3 is 3.27 bits per heavy atom. The lowest BCUT2D eigenvalue weighted by Gasteiger charge is -2.37. The summed E-state index contributed by atoms with van der Waals surface area (Å²) in [6, 6.07) is 0.502. The smallest absolute Gasteiger partial charge is 0.0799 e. The number of rotatable bonds is 3. The molecule has 84 valence electrons. The van der Waals surface area contributed by atoms with Gasteiger partial charge >= 0.3 is 0 Å². The topological polar surface area (TPSA) is 25.4 Å². The molecule has 2 rings (SSSR count). The fraction of sp³-hybridized carbons (Fsp3) is 0.700. The third-order valence-electron chi connectivity index (χ3n) is 2.65. The van der Waals surface area contributed by atoms with E-state index in [4.69, 9.17) is 4.74 Å². The number of alkyl halides is 1. The van der Waals surface area contributed by atoms with Crippen LogP contribution in [0.1, 0.15) is 11.8 Å². The van der Waals surface area contributed by atoms with E-state index in [-0.39, 0.29) is 0 Å². The molecule has 0 N–H and O–H groups in total. The molecule has 1 aliphatic heterocycles. The summed E-state index contributed by atoms with van der Waals surface area (Å²) in [6.45, 7) is 5.05. The van der Waals surface area contributed by atoms with Gasteiger partial charge in [0.25, 0.3) is 0 Å². The molecule has 1 aliphatic rings. The Balaban J connectivity index is 1.94. The van der Waals surface area contributed by atoms with Crippen molar-refractivity contribution in [3.05, 3.63) is 16.6 Å². The van der Waals surface area contributed by atoms with E-state index in [1.54, 1.807) is 11.3 Å². The molecular weight excluding hydrogens is 276 g/mol. The van der Waals surface area contributed by atoms with Crippen LogP contribution < -0.4 is 0 Å². The van der Waals surface area contributed by atoms with E-state index in [0.717, 1.165) is 25.0 Å². The maximum Gasteiger partial charge on any atom is 0.0799 e. The van der Waals surface area contributed by atoms with Gasteiger partial charge in [-0.2, -0.15) is 0 Å². The van der Waals surface area contributed by atoms with Crippen LogP contribution in [0.25, 0.3) is 0 Å². The van der Waals surface area contributed by atoms with Crippen molar-refractivity contribution in [3.8, 4) is 0 Å². The Hall–Kier alpha value is 0.0300. The van der Waals surface area contributed by atoms with Crippen LogP contribution >= 0.6 is 27.3 Å². The van der Waals surface area contributed by atoms with Gasteiger partial charge in [0.15, 0.2) is 0 Å². The Labute approximate surface area is 103 Å². The number of hydrogen-bond acceptors (Lipinski definition) is 4. The van der Waals surface area contributed by atoms with Crippen molar-refractivity contribution in [3.63, 3.8) is 0 Å². The quantitative estimate of drug-likeness (QED) is 0.798. The van der Waals surface area contributed by atoms with Crippen molar-refractivity contribution in [2.24, 2.45) is 0 Å². The van der Waals surface area contributed by atoms with Gasteiger partial charge in [0.05, 0.1) is 18.2 Å². The van der Waals surface area contributed by atoms with Crippen LogP contribution in [0.3, 0.4) is 0 Å².